The lowest BCUT2D eigenvalue weighted by molar-refractivity contribution is -0.135. The van der Waals surface area contributed by atoms with Crippen molar-refractivity contribution in [2.45, 2.75) is 0 Å². The number of hydrogen-bond acceptors (Lipinski definition) is 2. The van der Waals surface area contributed by atoms with Gasteiger partial charge < -0.3 is 10.5 Å². The Morgan fingerprint density at radius 2 is 2.29 bits per heavy atom. The van der Waals surface area contributed by atoms with E-state index in [1.807, 2.05) is 0 Å². The first-order valence-corrected chi connectivity index (χ1v) is 2.18. The third-order valence-electron chi connectivity index (χ3n) is 1.04. The molecule has 3 nitrogen and oxygen atoms in total. The molecule has 1 aliphatic heterocycles. The van der Waals surface area contributed by atoms with Gasteiger partial charge in [-0.05, 0) is 0 Å². The third kappa shape index (κ3) is 0.718. The van der Waals surface area contributed by atoms with Crippen LogP contribution in [0.1, 0.15) is 0 Å². The Kier molecular flexibility index (Phi) is 0.982. The maximum Gasteiger partial charge on any atom is 0.225 e. The van der Waals surface area contributed by atoms with Crippen LogP contribution in [0.15, 0.2) is 0 Å². The van der Waals surface area contributed by atoms with Crippen molar-refractivity contribution in [3.8, 4) is 0 Å². The first kappa shape index (κ1) is 4.59. The summed E-state index contributed by atoms with van der Waals surface area (Å²) in [5.74, 6) is -0.244. The molecule has 0 aromatic heterocycles. The molecule has 3 heteroatoms. The lowest BCUT2D eigenvalue weighted by atomic mass is 10.1. The van der Waals surface area contributed by atoms with Gasteiger partial charge in [0.25, 0.3) is 0 Å². The summed E-state index contributed by atoms with van der Waals surface area (Å²) in [5.41, 5.74) is 4.88. The molecule has 0 aromatic rings. The number of ether oxygens (including phenoxy) is 1. The van der Waals surface area contributed by atoms with Crippen molar-refractivity contribution in [2.24, 2.45) is 11.7 Å². The molecule has 2 N–H and O–H groups in total. The molecule has 0 radical (unpaired) electrons. The van der Waals surface area contributed by atoms with E-state index < -0.39 is 0 Å². The van der Waals surface area contributed by atoms with E-state index in [0.717, 1.165) is 0 Å². The standard InChI is InChI=1S/C4H7NO2/c5-4(6)3-1-7-2-3/h3H,1-2H2,(H2,5,6). The summed E-state index contributed by atoms with van der Waals surface area (Å²) >= 11 is 0. The summed E-state index contributed by atoms with van der Waals surface area (Å²) in [5, 5.41) is 0. The van der Waals surface area contributed by atoms with Gasteiger partial charge in [0.05, 0.1) is 19.1 Å². The van der Waals surface area contributed by atoms with E-state index in [9.17, 15) is 4.79 Å². The molecular weight excluding hydrogens is 94.0 g/mol. The number of amides is 1. The maximum absolute atomic E-state index is 10.1. The Balaban J connectivity index is 2.27. The largest absolute Gasteiger partial charge is 0.380 e. The Labute approximate surface area is 41.4 Å². The van der Waals surface area contributed by atoms with E-state index in [1.165, 1.54) is 0 Å². The average Bonchev–Trinajstić information content (AvgIpc) is 1.23. The minimum absolute atomic E-state index is 0.000000000000000222. The summed E-state index contributed by atoms with van der Waals surface area (Å²) < 4.78 is 4.70. The summed E-state index contributed by atoms with van der Waals surface area (Å²) in [4.78, 5) is 10.1. The van der Waals surface area contributed by atoms with Gasteiger partial charge in [-0.2, -0.15) is 0 Å². The summed E-state index contributed by atoms with van der Waals surface area (Å²) in [6, 6.07) is 0. The Morgan fingerprint density at radius 1 is 1.71 bits per heavy atom. The first-order valence-electron chi connectivity index (χ1n) is 2.18. The minimum atomic E-state index is -0.244. The summed E-state index contributed by atoms with van der Waals surface area (Å²) in [6.07, 6.45) is 0. The molecule has 1 saturated heterocycles. The smallest absolute Gasteiger partial charge is 0.225 e. The van der Waals surface area contributed by atoms with Crippen LogP contribution in [-0.2, 0) is 9.53 Å². The molecule has 0 aliphatic carbocycles. The third-order valence-corrected chi connectivity index (χ3v) is 1.04. The Bertz CT molecular complexity index is 87.7. The van der Waals surface area contributed by atoms with Crippen molar-refractivity contribution in [1.29, 1.82) is 0 Å². The minimum Gasteiger partial charge on any atom is -0.380 e. The second-order valence-electron chi connectivity index (χ2n) is 1.64. The van der Waals surface area contributed by atoms with Crippen LogP contribution in [0.5, 0.6) is 0 Å². The van der Waals surface area contributed by atoms with Crippen molar-refractivity contribution in [1.82, 2.24) is 0 Å². The van der Waals surface area contributed by atoms with Crippen molar-refractivity contribution >= 4 is 5.91 Å². The van der Waals surface area contributed by atoms with Crippen molar-refractivity contribution in [3.05, 3.63) is 0 Å². The zero-order chi connectivity index (χ0) is 5.28. The average molecular weight is 101 g/mol. The van der Waals surface area contributed by atoms with Crippen LogP contribution >= 0.6 is 0 Å². The molecule has 1 heterocycles. The predicted octanol–water partition coefficient (Wildman–Crippen LogP) is -0.882. The molecule has 0 unspecified atom stereocenters. The van der Waals surface area contributed by atoms with Gasteiger partial charge in [-0.25, -0.2) is 0 Å². The summed E-state index contributed by atoms with van der Waals surface area (Å²) in [7, 11) is 0. The van der Waals surface area contributed by atoms with E-state index >= 15 is 0 Å². The number of carbonyl (C=O) groups excluding carboxylic acids is 1. The predicted molar refractivity (Wildman–Crippen MR) is 23.5 cm³/mol. The van der Waals surface area contributed by atoms with Gasteiger partial charge in [0, 0.05) is 0 Å². The lowest BCUT2D eigenvalue weighted by Gasteiger charge is -2.21. The Morgan fingerprint density at radius 3 is 2.29 bits per heavy atom. The fourth-order valence-electron chi connectivity index (χ4n) is 0.400. The molecular formula is C4H7NO2. The van der Waals surface area contributed by atoms with Crippen LogP contribution in [0.25, 0.3) is 0 Å². The van der Waals surface area contributed by atoms with E-state index in [1.54, 1.807) is 0 Å². The molecule has 0 atom stereocenters. The van der Waals surface area contributed by atoms with Crippen molar-refractivity contribution in [3.63, 3.8) is 0 Å². The highest BCUT2D eigenvalue weighted by Crippen LogP contribution is 2.07. The SMILES string of the molecule is NC(=O)C1COC1. The van der Waals surface area contributed by atoms with E-state index in [-0.39, 0.29) is 11.8 Å². The highest BCUT2D eigenvalue weighted by molar-refractivity contribution is 5.77. The number of nitrogens with two attached hydrogens (primary N) is 1. The molecule has 1 rings (SSSR count). The van der Waals surface area contributed by atoms with E-state index in [2.05, 4.69) is 0 Å². The molecule has 1 amide bonds. The molecule has 40 valence electrons. The van der Waals surface area contributed by atoms with Gasteiger partial charge in [-0.3, -0.25) is 4.79 Å². The molecule has 7 heavy (non-hydrogen) atoms. The number of carbonyl (C=O) groups is 1. The molecule has 0 bridgehead atoms. The normalized spacial score (nSPS) is 21.1. The summed E-state index contributed by atoms with van der Waals surface area (Å²) in [6.45, 7) is 1.05. The second-order valence-corrected chi connectivity index (χ2v) is 1.64. The highest BCUT2D eigenvalue weighted by Gasteiger charge is 2.23. The van der Waals surface area contributed by atoms with Gasteiger partial charge in [-0.1, -0.05) is 0 Å². The van der Waals surface area contributed by atoms with Gasteiger partial charge in [0.15, 0.2) is 0 Å². The molecule has 0 aromatic carbocycles. The lowest BCUT2D eigenvalue weighted by Crippen LogP contribution is -2.38. The van der Waals surface area contributed by atoms with Gasteiger partial charge >= 0.3 is 0 Å². The van der Waals surface area contributed by atoms with Crippen LogP contribution < -0.4 is 5.73 Å². The molecule has 0 spiro atoms. The number of rotatable bonds is 1. The zero-order valence-corrected chi connectivity index (χ0v) is 3.89. The van der Waals surface area contributed by atoms with Crippen LogP contribution in [-0.4, -0.2) is 19.1 Å². The number of primary amides is 1. The van der Waals surface area contributed by atoms with E-state index in [0.29, 0.717) is 13.2 Å². The topological polar surface area (TPSA) is 52.3 Å². The van der Waals surface area contributed by atoms with Gasteiger partial charge in [-0.15, -0.1) is 0 Å². The van der Waals surface area contributed by atoms with E-state index in [4.69, 9.17) is 10.5 Å². The molecule has 0 saturated carbocycles. The van der Waals surface area contributed by atoms with Gasteiger partial charge in [0.1, 0.15) is 0 Å². The van der Waals surface area contributed by atoms with Crippen LogP contribution in [0, 0.1) is 5.92 Å². The molecule has 1 fully saturated rings. The van der Waals surface area contributed by atoms with Crippen LogP contribution in [0.2, 0.25) is 0 Å². The monoisotopic (exact) mass is 101 g/mol. The van der Waals surface area contributed by atoms with Gasteiger partial charge in [0.2, 0.25) is 5.91 Å². The fraction of sp³-hybridized carbons (Fsp3) is 0.750. The fourth-order valence-corrected chi connectivity index (χ4v) is 0.400. The number of hydrogen-bond donors (Lipinski definition) is 1. The molecule has 1 aliphatic rings. The zero-order valence-electron chi connectivity index (χ0n) is 3.89. The second kappa shape index (κ2) is 1.50. The van der Waals surface area contributed by atoms with Crippen LogP contribution in [0.3, 0.4) is 0 Å². The highest BCUT2D eigenvalue weighted by atomic mass is 16.5. The van der Waals surface area contributed by atoms with Crippen LogP contribution in [0.4, 0.5) is 0 Å². The van der Waals surface area contributed by atoms with Crippen molar-refractivity contribution < 1.29 is 9.53 Å². The first-order chi connectivity index (χ1) is 3.30. The maximum atomic E-state index is 10.1. The quantitative estimate of drug-likeness (QED) is 0.466. The van der Waals surface area contributed by atoms with Crippen molar-refractivity contribution in [2.75, 3.05) is 13.2 Å². The Hall–Kier alpha value is -0.570.